The minimum Gasteiger partial charge on any atom is -0.492 e. The molecule has 0 aliphatic heterocycles. The van der Waals surface area contributed by atoms with Crippen molar-refractivity contribution in [3.05, 3.63) is 53.1 Å². The number of hydrogen-bond acceptors (Lipinski definition) is 2. The highest BCUT2D eigenvalue weighted by atomic mass is 35.5. The zero-order chi connectivity index (χ0) is 13.0. The van der Waals surface area contributed by atoms with Gasteiger partial charge in [0, 0.05) is 17.1 Å². The van der Waals surface area contributed by atoms with Crippen molar-refractivity contribution >= 4 is 24.0 Å². The number of halogens is 2. The Morgan fingerprint density at radius 2 is 1.89 bits per heavy atom. The lowest BCUT2D eigenvalue weighted by Crippen LogP contribution is -2.11. The standard InChI is InChI=1S/C15H16ClNO.ClH/c1-11-10-12(6-7-15(11)18-9-8-17)13-4-2-3-5-14(13)16;/h2-7,10H,8-9,17H2,1H3;1H. The van der Waals surface area contributed by atoms with Gasteiger partial charge in [-0.15, -0.1) is 12.4 Å². The number of benzene rings is 2. The highest BCUT2D eigenvalue weighted by Crippen LogP contribution is 2.30. The summed E-state index contributed by atoms with van der Waals surface area (Å²) < 4.78 is 5.55. The SMILES string of the molecule is Cc1cc(-c2ccccc2Cl)ccc1OCCN.Cl. The molecule has 0 bridgehead atoms. The fourth-order valence-electron chi connectivity index (χ4n) is 1.84. The predicted molar refractivity (Wildman–Crippen MR) is 83.4 cm³/mol. The summed E-state index contributed by atoms with van der Waals surface area (Å²) in [4.78, 5) is 0. The normalized spacial score (nSPS) is 9.84. The summed E-state index contributed by atoms with van der Waals surface area (Å²) in [6, 6.07) is 13.9. The van der Waals surface area contributed by atoms with Crippen LogP contribution >= 0.6 is 24.0 Å². The van der Waals surface area contributed by atoms with Gasteiger partial charge in [0.1, 0.15) is 12.4 Å². The van der Waals surface area contributed by atoms with E-state index in [4.69, 9.17) is 22.1 Å². The molecule has 0 aliphatic rings. The molecule has 2 aromatic carbocycles. The Labute approximate surface area is 124 Å². The lowest BCUT2D eigenvalue weighted by atomic mass is 10.0. The second kappa shape index (κ2) is 7.39. The molecule has 0 amide bonds. The van der Waals surface area contributed by atoms with Crippen LogP contribution in [0.15, 0.2) is 42.5 Å². The first-order valence-electron chi connectivity index (χ1n) is 5.91. The first-order chi connectivity index (χ1) is 8.72. The lowest BCUT2D eigenvalue weighted by Gasteiger charge is -2.10. The Kier molecular flexibility index (Phi) is 6.16. The molecular weight excluding hydrogens is 281 g/mol. The van der Waals surface area contributed by atoms with Crippen LogP contribution in [-0.2, 0) is 0 Å². The van der Waals surface area contributed by atoms with Gasteiger partial charge in [-0.3, -0.25) is 0 Å². The average molecular weight is 298 g/mol. The van der Waals surface area contributed by atoms with Crippen molar-refractivity contribution in [1.82, 2.24) is 0 Å². The van der Waals surface area contributed by atoms with Gasteiger partial charge in [0.25, 0.3) is 0 Å². The van der Waals surface area contributed by atoms with Gasteiger partial charge in [0.15, 0.2) is 0 Å². The molecule has 2 aromatic rings. The van der Waals surface area contributed by atoms with E-state index in [1.807, 2.05) is 43.3 Å². The van der Waals surface area contributed by atoms with E-state index >= 15 is 0 Å². The van der Waals surface area contributed by atoms with Crippen molar-refractivity contribution in [2.45, 2.75) is 6.92 Å². The van der Waals surface area contributed by atoms with E-state index in [0.29, 0.717) is 13.2 Å². The second-order valence-electron chi connectivity index (χ2n) is 4.10. The van der Waals surface area contributed by atoms with Gasteiger partial charge in [-0.25, -0.2) is 0 Å². The van der Waals surface area contributed by atoms with Gasteiger partial charge in [-0.2, -0.15) is 0 Å². The highest BCUT2D eigenvalue weighted by Gasteiger charge is 2.05. The summed E-state index contributed by atoms with van der Waals surface area (Å²) in [5.74, 6) is 0.872. The Hall–Kier alpha value is -1.22. The number of hydrogen-bond donors (Lipinski definition) is 1. The Balaban J connectivity index is 0.00000180. The molecule has 0 atom stereocenters. The fraction of sp³-hybridized carbons (Fsp3) is 0.200. The average Bonchev–Trinajstić information content (AvgIpc) is 2.38. The number of nitrogens with two attached hydrogens (primary N) is 1. The van der Waals surface area contributed by atoms with E-state index in [2.05, 4.69) is 6.07 Å². The van der Waals surface area contributed by atoms with Crippen LogP contribution in [0.3, 0.4) is 0 Å². The van der Waals surface area contributed by atoms with Gasteiger partial charge in [0.05, 0.1) is 0 Å². The van der Waals surface area contributed by atoms with Crippen LogP contribution in [0.2, 0.25) is 5.02 Å². The molecular formula is C15H17Cl2NO. The molecule has 4 heteroatoms. The quantitative estimate of drug-likeness (QED) is 0.923. The van der Waals surface area contributed by atoms with E-state index in [9.17, 15) is 0 Å². The summed E-state index contributed by atoms with van der Waals surface area (Å²) in [6.07, 6.45) is 0. The molecule has 2 rings (SSSR count). The van der Waals surface area contributed by atoms with E-state index in [-0.39, 0.29) is 12.4 Å². The predicted octanol–water partition coefficient (Wildman–Crippen LogP) is 4.07. The maximum Gasteiger partial charge on any atom is 0.122 e. The molecule has 2 N–H and O–H groups in total. The summed E-state index contributed by atoms with van der Waals surface area (Å²) in [5.41, 5.74) is 8.64. The molecule has 102 valence electrons. The van der Waals surface area contributed by atoms with Gasteiger partial charge < -0.3 is 10.5 Å². The molecule has 0 spiro atoms. The molecule has 19 heavy (non-hydrogen) atoms. The van der Waals surface area contributed by atoms with Gasteiger partial charge >= 0.3 is 0 Å². The fourth-order valence-corrected chi connectivity index (χ4v) is 2.09. The number of aryl methyl sites for hydroxylation is 1. The highest BCUT2D eigenvalue weighted by molar-refractivity contribution is 6.33. The van der Waals surface area contributed by atoms with Crippen molar-refractivity contribution in [3.8, 4) is 16.9 Å². The van der Waals surface area contributed by atoms with Crippen LogP contribution < -0.4 is 10.5 Å². The minimum absolute atomic E-state index is 0. The molecule has 0 heterocycles. The van der Waals surface area contributed by atoms with Gasteiger partial charge in [-0.1, -0.05) is 35.9 Å². The third-order valence-electron chi connectivity index (χ3n) is 2.74. The van der Waals surface area contributed by atoms with Crippen molar-refractivity contribution in [1.29, 1.82) is 0 Å². The van der Waals surface area contributed by atoms with E-state index in [1.165, 1.54) is 0 Å². The monoisotopic (exact) mass is 297 g/mol. The molecule has 0 aromatic heterocycles. The molecule has 0 radical (unpaired) electrons. The van der Waals surface area contributed by atoms with Crippen LogP contribution in [0, 0.1) is 6.92 Å². The van der Waals surface area contributed by atoms with Crippen molar-refractivity contribution in [3.63, 3.8) is 0 Å². The maximum atomic E-state index is 6.19. The number of rotatable bonds is 4. The van der Waals surface area contributed by atoms with Crippen molar-refractivity contribution in [2.24, 2.45) is 5.73 Å². The Morgan fingerprint density at radius 3 is 2.53 bits per heavy atom. The first-order valence-corrected chi connectivity index (χ1v) is 6.28. The van der Waals surface area contributed by atoms with E-state index < -0.39 is 0 Å². The minimum atomic E-state index is 0. The smallest absolute Gasteiger partial charge is 0.122 e. The summed E-state index contributed by atoms with van der Waals surface area (Å²) in [6.45, 7) is 3.07. The van der Waals surface area contributed by atoms with Crippen LogP contribution in [0.1, 0.15) is 5.56 Å². The molecule has 0 saturated heterocycles. The van der Waals surface area contributed by atoms with E-state index in [1.54, 1.807) is 0 Å². The zero-order valence-electron chi connectivity index (χ0n) is 10.7. The van der Waals surface area contributed by atoms with E-state index in [0.717, 1.165) is 27.5 Å². The molecule has 0 saturated carbocycles. The summed E-state index contributed by atoms with van der Waals surface area (Å²) >= 11 is 6.19. The van der Waals surface area contributed by atoms with Crippen LogP contribution in [0.4, 0.5) is 0 Å². The maximum absolute atomic E-state index is 6.19. The third kappa shape index (κ3) is 3.87. The lowest BCUT2D eigenvalue weighted by molar-refractivity contribution is 0.326. The summed E-state index contributed by atoms with van der Waals surface area (Å²) in [7, 11) is 0. The van der Waals surface area contributed by atoms with Crippen molar-refractivity contribution in [2.75, 3.05) is 13.2 Å². The zero-order valence-corrected chi connectivity index (χ0v) is 12.3. The van der Waals surface area contributed by atoms with Gasteiger partial charge in [-0.05, 0) is 36.2 Å². The number of ether oxygens (including phenoxy) is 1. The summed E-state index contributed by atoms with van der Waals surface area (Å²) in [5, 5.41) is 0.757. The third-order valence-corrected chi connectivity index (χ3v) is 3.06. The first kappa shape index (κ1) is 15.8. The second-order valence-corrected chi connectivity index (χ2v) is 4.50. The largest absolute Gasteiger partial charge is 0.492 e. The Bertz CT molecular complexity index is 543. The van der Waals surface area contributed by atoms with Crippen molar-refractivity contribution < 1.29 is 4.74 Å². The molecule has 0 unspecified atom stereocenters. The Morgan fingerprint density at radius 1 is 1.16 bits per heavy atom. The topological polar surface area (TPSA) is 35.2 Å². The van der Waals surface area contributed by atoms with Crippen LogP contribution in [-0.4, -0.2) is 13.2 Å². The van der Waals surface area contributed by atoms with Gasteiger partial charge in [0.2, 0.25) is 0 Å². The van der Waals surface area contributed by atoms with Crippen LogP contribution in [0.25, 0.3) is 11.1 Å². The van der Waals surface area contributed by atoms with Crippen LogP contribution in [0.5, 0.6) is 5.75 Å². The molecule has 2 nitrogen and oxygen atoms in total. The molecule has 0 fully saturated rings. The molecule has 0 aliphatic carbocycles.